The van der Waals surface area contributed by atoms with Crippen molar-refractivity contribution in [2.24, 2.45) is 0 Å². The van der Waals surface area contributed by atoms with E-state index < -0.39 is 10.0 Å². The topological polar surface area (TPSA) is 104 Å². The Morgan fingerprint density at radius 2 is 1.84 bits per heavy atom. The summed E-state index contributed by atoms with van der Waals surface area (Å²) >= 11 is 1.21. The van der Waals surface area contributed by atoms with Crippen molar-refractivity contribution < 1.29 is 13.2 Å². The molecule has 0 saturated carbocycles. The van der Waals surface area contributed by atoms with E-state index in [2.05, 4.69) is 43.3 Å². The van der Waals surface area contributed by atoms with Gasteiger partial charge >= 0.3 is 0 Å². The van der Waals surface area contributed by atoms with Crippen molar-refractivity contribution in [2.45, 2.75) is 37.6 Å². The zero-order valence-corrected chi connectivity index (χ0v) is 19.4. The maximum atomic E-state index is 12.5. The molecule has 1 aliphatic rings. The number of carbonyl (C=O) groups excluding carboxylic acids is 1. The monoisotopic (exact) mass is 471 g/mol. The van der Waals surface area contributed by atoms with Gasteiger partial charge in [-0.15, -0.1) is 10.2 Å². The van der Waals surface area contributed by atoms with Gasteiger partial charge in [0.05, 0.1) is 4.90 Å². The summed E-state index contributed by atoms with van der Waals surface area (Å²) in [6.07, 6.45) is 2.07. The number of hydrogen-bond donors (Lipinski definition) is 2. The van der Waals surface area contributed by atoms with Gasteiger partial charge in [0.25, 0.3) is 10.0 Å². The molecule has 1 aliphatic heterocycles. The Balaban J connectivity index is 1.29. The molecule has 0 aliphatic carbocycles. The molecule has 0 spiro atoms. The average Bonchev–Trinajstić information content (AvgIpc) is 3.25. The molecule has 0 fully saturated rings. The molecule has 8 nitrogen and oxygen atoms in total. The molecule has 4 rings (SSSR count). The number of nitrogens with one attached hydrogen (secondary N) is 2. The summed E-state index contributed by atoms with van der Waals surface area (Å²) in [5.41, 5.74) is 3.26. The lowest BCUT2D eigenvalue weighted by Gasteiger charge is -2.28. The molecule has 0 saturated heterocycles. The standard InChI is InChI=1S/C22H25N5O3S2/c1-2-21-24-25-22(31-21)26-32(29,30)19-9-7-18(8-10-19)23-20(28)12-14-27-13-11-16-5-3-4-6-17(16)15-27/h3-10H,2,11-15H2,1H3,(H,23,28)(H,25,26). The fourth-order valence-electron chi connectivity index (χ4n) is 3.56. The van der Waals surface area contributed by atoms with Gasteiger partial charge < -0.3 is 5.32 Å². The third-order valence-corrected chi connectivity index (χ3v) is 7.77. The van der Waals surface area contributed by atoms with Gasteiger partial charge in [0.15, 0.2) is 0 Å². The third-order valence-electron chi connectivity index (χ3n) is 5.30. The second-order valence-corrected chi connectivity index (χ2v) is 10.3. The van der Waals surface area contributed by atoms with Crippen molar-refractivity contribution in [1.29, 1.82) is 0 Å². The van der Waals surface area contributed by atoms with E-state index in [-0.39, 0.29) is 15.9 Å². The van der Waals surface area contributed by atoms with Gasteiger partial charge in [-0.1, -0.05) is 42.5 Å². The van der Waals surface area contributed by atoms with Crippen molar-refractivity contribution in [2.75, 3.05) is 23.1 Å². The number of benzene rings is 2. The van der Waals surface area contributed by atoms with Crippen LogP contribution in [0.4, 0.5) is 10.8 Å². The summed E-state index contributed by atoms with van der Waals surface area (Å²) in [5, 5.41) is 11.6. The van der Waals surface area contributed by atoms with Gasteiger partial charge in [0, 0.05) is 31.7 Å². The van der Waals surface area contributed by atoms with Gasteiger partial charge in [-0.25, -0.2) is 8.42 Å². The van der Waals surface area contributed by atoms with Gasteiger partial charge in [-0.05, 0) is 48.2 Å². The van der Waals surface area contributed by atoms with Crippen molar-refractivity contribution in [1.82, 2.24) is 15.1 Å². The summed E-state index contributed by atoms with van der Waals surface area (Å²) in [6, 6.07) is 14.5. The Bertz CT molecular complexity index is 1190. The molecule has 0 radical (unpaired) electrons. The summed E-state index contributed by atoms with van der Waals surface area (Å²) in [7, 11) is -3.76. The number of nitrogens with zero attached hydrogens (tertiary/aromatic N) is 3. The number of amides is 1. The molecule has 10 heteroatoms. The Labute approximate surface area is 191 Å². The molecule has 1 amide bonds. The van der Waals surface area contributed by atoms with Crippen LogP contribution in [0.2, 0.25) is 0 Å². The number of sulfonamides is 1. The van der Waals surface area contributed by atoms with Crippen LogP contribution in [0.15, 0.2) is 53.4 Å². The van der Waals surface area contributed by atoms with Crippen LogP contribution in [0.5, 0.6) is 0 Å². The lowest BCUT2D eigenvalue weighted by Crippen LogP contribution is -2.33. The zero-order chi connectivity index (χ0) is 22.6. The summed E-state index contributed by atoms with van der Waals surface area (Å²) in [6.45, 7) is 4.41. The van der Waals surface area contributed by atoms with Gasteiger partial charge in [0.2, 0.25) is 11.0 Å². The smallest absolute Gasteiger partial charge is 0.263 e. The van der Waals surface area contributed by atoms with Crippen LogP contribution < -0.4 is 10.0 Å². The fraction of sp³-hybridized carbons (Fsp3) is 0.318. The van der Waals surface area contributed by atoms with E-state index >= 15 is 0 Å². The van der Waals surface area contributed by atoms with Crippen molar-refractivity contribution >= 4 is 38.1 Å². The van der Waals surface area contributed by atoms with Crippen molar-refractivity contribution in [3.8, 4) is 0 Å². The van der Waals surface area contributed by atoms with Crippen LogP contribution >= 0.6 is 11.3 Å². The van der Waals surface area contributed by atoms with Crippen LogP contribution in [0, 0.1) is 0 Å². The minimum Gasteiger partial charge on any atom is -0.326 e. The summed E-state index contributed by atoms with van der Waals surface area (Å²) in [5.74, 6) is -0.0986. The molecule has 0 atom stereocenters. The van der Waals surface area contributed by atoms with Crippen LogP contribution in [0.3, 0.4) is 0 Å². The van der Waals surface area contributed by atoms with Crippen LogP contribution in [0.25, 0.3) is 0 Å². The highest BCUT2D eigenvalue weighted by atomic mass is 32.2. The molecule has 1 aromatic heterocycles. The molecule has 3 aromatic rings. The molecule has 2 aromatic carbocycles. The number of rotatable bonds is 8. The third kappa shape index (κ3) is 5.50. The minimum atomic E-state index is -3.76. The van der Waals surface area contributed by atoms with Crippen molar-refractivity contribution in [3.63, 3.8) is 0 Å². The van der Waals surface area contributed by atoms with E-state index in [0.29, 0.717) is 25.1 Å². The maximum absolute atomic E-state index is 12.5. The predicted molar refractivity (Wildman–Crippen MR) is 125 cm³/mol. The minimum absolute atomic E-state index is 0.0933. The highest BCUT2D eigenvalue weighted by Crippen LogP contribution is 2.22. The van der Waals surface area contributed by atoms with Gasteiger partial charge in [-0.3, -0.25) is 14.4 Å². The molecule has 0 unspecified atom stereocenters. The summed E-state index contributed by atoms with van der Waals surface area (Å²) in [4.78, 5) is 14.7. The Kier molecular flexibility index (Phi) is 6.83. The van der Waals surface area contributed by atoms with E-state index in [1.54, 1.807) is 12.1 Å². The van der Waals surface area contributed by atoms with Gasteiger partial charge in [-0.2, -0.15) is 0 Å². The lowest BCUT2D eigenvalue weighted by molar-refractivity contribution is -0.116. The second kappa shape index (κ2) is 9.76. The SMILES string of the molecule is CCc1nnc(NS(=O)(=O)c2ccc(NC(=O)CCN3CCc4ccccc4C3)cc2)s1. The lowest BCUT2D eigenvalue weighted by atomic mass is 10.00. The van der Waals surface area contributed by atoms with E-state index in [0.717, 1.165) is 24.5 Å². The van der Waals surface area contributed by atoms with E-state index in [4.69, 9.17) is 0 Å². The van der Waals surface area contributed by atoms with E-state index in [9.17, 15) is 13.2 Å². The van der Waals surface area contributed by atoms with Crippen LogP contribution in [-0.2, 0) is 34.2 Å². The largest absolute Gasteiger partial charge is 0.326 e. The molecule has 168 valence electrons. The number of aryl methyl sites for hydroxylation is 1. The normalized spacial score (nSPS) is 14.0. The number of fused-ring (bicyclic) bond motifs is 1. The fourth-order valence-corrected chi connectivity index (χ4v) is 5.47. The number of anilines is 2. The van der Waals surface area contributed by atoms with E-state index in [1.165, 1.54) is 34.6 Å². The van der Waals surface area contributed by atoms with Gasteiger partial charge in [0.1, 0.15) is 5.01 Å². The first kappa shape index (κ1) is 22.4. The first-order chi connectivity index (χ1) is 15.4. The molecular formula is C22H25N5O3S2. The first-order valence-corrected chi connectivity index (χ1v) is 12.8. The van der Waals surface area contributed by atoms with Crippen molar-refractivity contribution in [3.05, 3.63) is 64.7 Å². The van der Waals surface area contributed by atoms with E-state index in [1.807, 2.05) is 13.0 Å². The Morgan fingerprint density at radius 3 is 2.56 bits per heavy atom. The van der Waals surface area contributed by atoms with Crippen LogP contribution in [-0.4, -0.2) is 42.5 Å². The molecule has 0 bridgehead atoms. The molecular weight excluding hydrogens is 446 g/mol. The Morgan fingerprint density at radius 1 is 1.09 bits per heavy atom. The predicted octanol–water partition coefficient (Wildman–Crippen LogP) is 3.29. The van der Waals surface area contributed by atoms with Crippen LogP contribution in [0.1, 0.15) is 29.5 Å². The molecule has 2 N–H and O–H groups in total. The molecule has 2 heterocycles. The second-order valence-electron chi connectivity index (χ2n) is 7.58. The number of hydrogen-bond acceptors (Lipinski definition) is 7. The number of carbonyl (C=O) groups is 1. The number of aromatic nitrogens is 2. The maximum Gasteiger partial charge on any atom is 0.263 e. The summed E-state index contributed by atoms with van der Waals surface area (Å²) < 4.78 is 27.5. The average molecular weight is 472 g/mol. The highest BCUT2D eigenvalue weighted by molar-refractivity contribution is 7.93. The zero-order valence-electron chi connectivity index (χ0n) is 17.7. The quantitative estimate of drug-likeness (QED) is 0.522. The first-order valence-electron chi connectivity index (χ1n) is 10.5. The highest BCUT2D eigenvalue weighted by Gasteiger charge is 2.18. The Hall–Kier alpha value is -2.82. The molecule has 32 heavy (non-hydrogen) atoms.